The second-order valence-electron chi connectivity index (χ2n) is 5.43. The number of nitrogens with zero attached hydrogens (tertiary/aromatic N) is 3. The molecule has 1 N–H and O–H groups in total. The Morgan fingerprint density at radius 1 is 1.48 bits per heavy atom. The molecule has 0 bridgehead atoms. The Morgan fingerprint density at radius 3 is 3.05 bits per heavy atom. The zero-order chi connectivity index (χ0) is 14.8. The third-order valence-corrected chi connectivity index (χ3v) is 4.10. The Bertz CT molecular complexity index is 628. The average molecular weight is 309 g/mol. The van der Waals surface area contributed by atoms with Gasteiger partial charge in [0, 0.05) is 50.2 Å². The number of rotatable bonds is 4. The van der Waals surface area contributed by atoms with Crippen molar-refractivity contribution in [2.75, 3.05) is 18.0 Å². The highest BCUT2D eigenvalue weighted by molar-refractivity contribution is 6.31. The van der Waals surface area contributed by atoms with Crippen LogP contribution in [0.3, 0.4) is 0 Å². The lowest BCUT2D eigenvalue weighted by atomic mass is 10.2. The summed E-state index contributed by atoms with van der Waals surface area (Å²) in [5, 5.41) is 7.87. The Hall–Kier alpha value is -1.59. The first-order valence-corrected chi connectivity index (χ1v) is 7.40. The first-order valence-electron chi connectivity index (χ1n) is 7.03. The normalized spacial score (nSPS) is 18.4. The van der Waals surface area contributed by atoms with E-state index in [0.29, 0.717) is 6.04 Å². The fourth-order valence-electron chi connectivity index (χ4n) is 2.67. The largest absolute Gasteiger partial charge is 0.370 e. The molecule has 1 aromatic carbocycles. The Balaban J connectivity index is 1.56. The molecule has 0 saturated carbocycles. The molecule has 0 amide bonds. The number of aromatic nitrogens is 2. The molecule has 112 valence electrons. The molecular weight excluding hydrogens is 291 g/mol. The van der Waals surface area contributed by atoms with E-state index in [9.17, 15) is 4.39 Å². The fourth-order valence-corrected chi connectivity index (χ4v) is 2.84. The average Bonchev–Trinajstić information content (AvgIpc) is 3.08. The van der Waals surface area contributed by atoms with Gasteiger partial charge in [0.05, 0.1) is 11.2 Å². The second-order valence-corrected chi connectivity index (χ2v) is 5.84. The first-order chi connectivity index (χ1) is 10.1. The van der Waals surface area contributed by atoms with Gasteiger partial charge < -0.3 is 10.2 Å². The van der Waals surface area contributed by atoms with Crippen LogP contribution in [0.25, 0.3) is 0 Å². The molecule has 2 aromatic rings. The number of hydrogen-bond donors (Lipinski definition) is 1. The van der Waals surface area contributed by atoms with Gasteiger partial charge in [-0.15, -0.1) is 0 Å². The van der Waals surface area contributed by atoms with Crippen molar-refractivity contribution in [2.24, 2.45) is 7.05 Å². The summed E-state index contributed by atoms with van der Waals surface area (Å²) in [5.74, 6) is -0.370. The van der Waals surface area contributed by atoms with E-state index in [1.165, 1.54) is 11.6 Å². The van der Waals surface area contributed by atoms with E-state index in [0.717, 1.165) is 31.7 Å². The SMILES string of the molecule is Cn1cc(CNC2CCN(c3ccc(F)c(Cl)c3)C2)cn1. The predicted octanol–water partition coefficient (Wildman–Crippen LogP) is 2.58. The van der Waals surface area contributed by atoms with Crippen molar-refractivity contribution >= 4 is 17.3 Å². The van der Waals surface area contributed by atoms with E-state index in [-0.39, 0.29) is 10.8 Å². The predicted molar refractivity (Wildman–Crippen MR) is 82.1 cm³/mol. The van der Waals surface area contributed by atoms with Crippen molar-refractivity contribution < 1.29 is 4.39 Å². The topological polar surface area (TPSA) is 33.1 Å². The second kappa shape index (κ2) is 6.03. The zero-order valence-electron chi connectivity index (χ0n) is 11.9. The Morgan fingerprint density at radius 2 is 2.33 bits per heavy atom. The highest BCUT2D eigenvalue weighted by atomic mass is 35.5. The lowest BCUT2D eigenvalue weighted by molar-refractivity contribution is 0.551. The van der Waals surface area contributed by atoms with Gasteiger partial charge in [0.1, 0.15) is 5.82 Å². The van der Waals surface area contributed by atoms with Crippen LogP contribution in [0.1, 0.15) is 12.0 Å². The number of aryl methyl sites for hydroxylation is 1. The number of anilines is 1. The van der Waals surface area contributed by atoms with Crippen LogP contribution < -0.4 is 10.2 Å². The minimum atomic E-state index is -0.370. The van der Waals surface area contributed by atoms with Crippen LogP contribution in [-0.2, 0) is 13.6 Å². The van der Waals surface area contributed by atoms with Gasteiger partial charge in [-0.2, -0.15) is 5.10 Å². The Kier molecular flexibility index (Phi) is 4.12. The number of hydrogen-bond acceptors (Lipinski definition) is 3. The van der Waals surface area contributed by atoms with Crippen LogP contribution in [0.2, 0.25) is 5.02 Å². The summed E-state index contributed by atoms with van der Waals surface area (Å²) in [4.78, 5) is 2.23. The van der Waals surface area contributed by atoms with Crippen molar-refractivity contribution in [1.82, 2.24) is 15.1 Å². The van der Waals surface area contributed by atoms with Gasteiger partial charge in [-0.25, -0.2) is 4.39 Å². The van der Waals surface area contributed by atoms with Gasteiger partial charge in [-0.05, 0) is 24.6 Å². The van der Waals surface area contributed by atoms with Crippen molar-refractivity contribution in [1.29, 1.82) is 0 Å². The van der Waals surface area contributed by atoms with Crippen molar-refractivity contribution in [3.63, 3.8) is 0 Å². The molecule has 4 nitrogen and oxygen atoms in total. The van der Waals surface area contributed by atoms with Crippen molar-refractivity contribution in [2.45, 2.75) is 19.0 Å². The maximum Gasteiger partial charge on any atom is 0.141 e. The fraction of sp³-hybridized carbons (Fsp3) is 0.400. The molecular formula is C15H18ClFN4. The van der Waals surface area contributed by atoms with Gasteiger partial charge in [-0.3, -0.25) is 4.68 Å². The molecule has 2 heterocycles. The van der Waals surface area contributed by atoms with Crippen LogP contribution in [0.5, 0.6) is 0 Å². The number of nitrogens with one attached hydrogen (secondary N) is 1. The summed E-state index contributed by atoms with van der Waals surface area (Å²) in [5.41, 5.74) is 2.16. The molecule has 1 aliphatic heterocycles. The van der Waals surface area contributed by atoms with Crippen LogP contribution >= 0.6 is 11.6 Å². The van der Waals surface area contributed by atoms with Crippen molar-refractivity contribution in [3.05, 3.63) is 47.0 Å². The van der Waals surface area contributed by atoms with Gasteiger partial charge in [0.25, 0.3) is 0 Å². The summed E-state index contributed by atoms with van der Waals surface area (Å²) in [6.07, 6.45) is 4.95. The van der Waals surface area contributed by atoms with E-state index in [2.05, 4.69) is 15.3 Å². The third kappa shape index (κ3) is 3.36. The van der Waals surface area contributed by atoms with E-state index >= 15 is 0 Å². The van der Waals surface area contributed by atoms with Crippen LogP contribution in [0.15, 0.2) is 30.6 Å². The molecule has 1 fully saturated rings. The van der Waals surface area contributed by atoms with E-state index in [1.807, 2.05) is 19.4 Å². The molecule has 0 radical (unpaired) electrons. The quantitative estimate of drug-likeness (QED) is 0.942. The van der Waals surface area contributed by atoms with Gasteiger partial charge in [0.2, 0.25) is 0 Å². The Labute approximate surface area is 128 Å². The first kappa shape index (κ1) is 14.4. The molecule has 1 saturated heterocycles. The minimum Gasteiger partial charge on any atom is -0.370 e. The summed E-state index contributed by atoms with van der Waals surface area (Å²) < 4.78 is 15.0. The van der Waals surface area contributed by atoms with Gasteiger partial charge >= 0.3 is 0 Å². The monoisotopic (exact) mass is 308 g/mol. The highest BCUT2D eigenvalue weighted by Crippen LogP contribution is 2.25. The van der Waals surface area contributed by atoms with Gasteiger partial charge in [0.15, 0.2) is 0 Å². The highest BCUT2D eigenvalue weighted by Gasteiger charge is 2.22. The molecule has 21 heavy (non-hydrogen) atoms. The lowest BCUT2D eigenvalue weighted by Crippen LogP contribution is -2.32. The number of halogens is 2. The summed E-state index contributed by atoms with van der Waals surface area (Å²) in [6.45, 7) is 2.67. The molecule has 1 atom stereocenters. The lowest BCUT2D eigenvalue weighted by Gasteiger charge is -2.19. The molecule has 0 spiro atoms. The van der Waals surface area contributed by atoms with Crippen molar-refractivity contribution in [3.8, 4) is 0 Å². The van der Waals surface area contributed by atoms with Crippen LogP contribution in [-0.4, -0.2) is 28.9 Å². The molecule has 6 heteroatoms. The third-order valence-electron chi connectivity index (χ3n) is 3.81. The molecule has 3 rings (SSSR count). The summed E-state index contributed by atoms with van der Waals surface area (Å²) in [7, 11) is 1.92. The molecule has 1 unspecified atom stereocenters. The molecule has 1 aromatic heterocycles. The maximum atomic E-state index is 13.2. The van der Waals surface area contributed by atoms with E-state index in [4.69, 9.17) is 11.6 Å². The minimum absolute atomic E-state index is 0.180. The van der Waals surface area contributed by atoms with E-state index in [1.54, 1.807) is 16.8 Å². The molecule has 0 aliphatic carbocycles. The molecule has 1 aliphatic rings. The summed E-state index contributed by atoms with van der Waals surface area (Å²) in [6, 6.07) is 5.33. The van der Waals surface area contributed by atoms with Crippen LogP contribution in [0.4, 0.5) is 10.1 Å². The summed E-state index contributed by atoms with van der Waals surface area (Å²) >= 11 is 5.85. The van der Waals surface area contributed by atoms with Gasteiger partial charge in [-0.1, -0.05) is 11.6 Å². The van der Waals surface area contributed by atoms with Crippen LogP contribution in [0, 0.1) is 5.82 Å². The zero-order valence-corrected chi connectivity index (χ0v) is 12.6. The maximum absolute atomic E-state index is 13.2. The smallest absolute Gasteiger partial charge is 0.141 e. The standard InChI is InChI=1S/C15H18ClFN4/c1-20-9-11(8-19-20)7-18-12-4-5-21(10-12)13-2-3-15(17)14(16)6-13/h2-3,6,8-9,12,18H,4-5,7,10H2,1H3. The van der Waals surface area contributed by atoms with E-state index < -0.39 is 0 Å². The number of benzene rings is 1.